The van der Waals surface area contributed by atoms with Crippen LogP contribution in [0.25, 0.3) is 16.9 Å². The topological polar surface area (TPSA) is 46.9 Å². The van der Waals surface area contributed by atoms with Gasteiger partial charge in [-0.25, -0.2) is 4.98 Å². The fourth-order valence-electron chi connectivity index (χ4n) is 2.91. The van der Waals surface area contributed by atoms with Crippen LogP contribution in [-0.4, -0.2) is 21.2 Å². The highest BCUT2D eigenvalue weighted by Gasteiger charge is 2.15. The van der Waals surface area contributed by atoms with Gasteiger partial charge >= 0.3 is 0 Å². The number of carbonyl (C=O) groups excluding carboxylic acids is 1. The number of nitrogens with one attached hydrogen (secondary N) is 1. The van der Waals surface area contributed by atoms with E-state index in [2.05, 4.69) is 5.32 Å². The largest absolute Gasteiger partial charge is 0.323 e. The number of amides is 1. The molecule has 1 N–H and O–H groups in total. The molecule has 4 nitrogen and oxygen atoms in total. The number of imidazole rings is 1. The summed E-state index contributed by atoms with van der Waals surface area (Å²) in [7, 11) is 0. The van der Waals surface area contributed by atoms with Crippen molar-refractivity contribution >= 4 is 46.6 Å². The van der Waals surface area contributed by atoms with E-state index in [9.17, 15) is 4.79 Å². The van der Waals surface area contributed by atoms with Gasteiger partial charge in [-0.05, 0) is 24.3 Å². The minimum atomic E-state index is -0.209. The Balaban J connectivity index is 1.57. The SMILES string of the molecule is O=C(CSc1nc(-c2ccccc2)cn1-c1ccccc1)Nc1c(Cl)cccc1Cl. The fraction of sp³-hybridized carbons (Fsp3) is 0.0435. The highest BCUT2D eigenvalue weighted by molar-refractivity contribution is 7.99. The Morgan fingerprint density at radius 1 is 0.900 bits per heavy atom. The van der Waals surface area contributed by atoms with Crippen molar-refractivity contribution in [2.24, 2.45) is 0 Å². The van der Waals surface area contributed by atoms with E-state index < -0.39 is 0 Å². The van der Waals surface area contributed by atoms with Crippen LogP contribution >= 0.6 is 35.0 Å². The number of rotatable bonds is 6. The molecule has 0 saturated carbocycles. The summed E-state index contributed by atoms with van der Waals surface area (Å²) >= 11 is 13.6. The molecule has 0 atom stereocenters. The van der Waals surface area contributed by atoms with Crippen LogP contribution < -0.4 is 5.32 Å². The fourth-order valence-corrected chi connectivity index (χ4v) is 4.19. The van der Waals surface area contributed by atoms with Gasteiger partial charge in [-0.15, -0.1) is 0 Å². The van der Waals surface area contributed by atoms with E-state index in [1.165, 1.54) is 11.8 Å². The van der Waals surface area contributed by atoms with Gasteiger partial charge in [0, 0.05) is 17.4 Å². The molecule has 0 radical (unpaired) electrons. The van der Waals surface area contributed by atoms with Gasteiger partial charge in [0.1, 0.15) is 0 Å². The third-order valence-electron chi connectivity index (χ3n) is 4.34. The van der Waals surface area contributed by atoms with Crippen LogP contribution in [0.3, 0.4) is 0 Å². The third-order valence-corrected chi connectivity index (χ3v) is 5.92. The maximum atomic E-state index is 12.5. The average Bonchev–Trinajstić information content (AvgIpc) is 3.21. The Bertz CT molecular complexity index is 1140. The molecule has 4 aromatic rings. The number of hydrogen-bond donors (Lipinski definition) is 1. The van der Waals surface area contributed by atoms with Gasteiger partial charge in [0.05, 0.1) is 27.2 Å². The summed E-state index contributed by atoms with van der Waals surface area (Å²) in [5.74, 6) is -0.0431. The molecule has 1 amide bonds. The quantitative estimate of drug-likeness (QED) is 0.335. The highest BCUT2D eigenvalue weighted by atomic mass is 35.5. The monoisotopic (exact) mass is 453 g/mol. The molecule has 30 heavy (non-hydrogen) atoms. The highest BCUT2D eigenvalue weighted by Crippen LogP contribution is 2.31. The second-order valence-electron chi connectivity index (χ2n) is 6.41. The number of carbonyl (C=O) groups is 1. The molecule has 0 fully saturated rings. The summed E-state index contributed by atoms with van der Waals surface area (Å²) in [6, 6.07) is 25.0. The van der Waals surface area contributed by atoms with Crippen LogP contribution in [0.4, 0.5) is 5.69 Å². The minimum Gasteiger partial charge on any atom is -0.323 e. The van der Waals surface area contributed by atoms with E-state index in [-0.39, 0.29) is 11.7 Å². The lowest BCUT2D eigenvalue weighted by Gasteiger charge is -2.10. The molecule has 1 heterocycles. The van der Waals surface area contributed by atoms with Crippen LogP contribution in [0, 0.1) is 0 Å². The number of aromatic nitrogens is 2. The second-order valence-corrected chi connectivity index (χ2v) is 8.17. The Morgan fingerprint density at radius 2 is 1.53 bits per heavy atom. The summed E-state index contributed by atoms with van der Waals surface area (Å²) in [6.07, 6.45) is 1.98. The normalized spacial score (nSPS) is 10.7. The lowest BCUT2D eigenvalue weighted by molar-refractivity contribution is -0.113. The van der Waals surface area contributed by atoms with E-state index in [0.29, 0.717) is 15.7 Å². The maximum absolute atomic E-state index is 12.5. The van der Waals surface area contributed by atoms with E-state index in [0.717, 1.165) is 22.1 Å². The van der Waals surface area contributed by atoms with Crippen molar-refractivity contribution in [2.75, 3.05) is 11.1 Å². The zero-order valence-corrected chi connectivity index (χ0v) is 18.1. The van der Waals surface area contributed by atoms with Crippen molar-refractivity contribution in [1.82, 2.24) is 9.55 Å². The maximum Gasteiger partial charge on any atom is 0.234 e. The van der Waals surface area contributed by atoms with Crippen LogP contribution in [0.15, 0.2) is 90.2 Å². The smallest absolute Gasteiger partial charge is 0.234 e. The van der Waals surface area contributed by atoms with Crippen molar-refractivity contribution in [3.8, 4) is 16.9 Å². The van der Waals surface area contributed by atoms with Crippen molar-refractivity contribution < 1.29 is 4.79 Å². The lowest BCUT2D eigenvalue weighted by Crippen LogP contribution is -2.15. The molecule has 0 aliphatic rings. The zero-order valence-electron chi connectivity index (χ0n) is 15.8. The van der Waals surface area contributed by atoms with Crippen molar-refractivity contribution in [3.05, 3.63) is 95.1 Å². The van der Waals surface area contributed by atoms with Crippen LogP contribution in [0.1, 0.15) is 0 Å². The number of nitrogens with zero attached hydrogens (tertiary/aromatic N) is 2. The van der Waals surface area contributed by atoms with Crippen molar-refractivity contribution in [3.63, 3.8) is 0 Å². The lowest BCUT2D eigenvalue weighted by atomic mass is 10.2. The van der Waals surface area contributed by atoms with Gasteiger partial charge in [-0.2, -0.15) is 0 Å². The molecule has 0 aliphatic heterocycles. The summed E-state index contributed by atoms with van der Waals surface area (Å²) in [4.78, 5) is 17.3. The Hall–Kier alpha value is -2.73. The molecule has 0 bridgehead atoms. The summed E-state index contributed by atoms with van der Waals surface area (Å²) in [6.45, 7) is 0. The molecule has 7 heteroatoms. The molecule has 150 valence electrons. The van der Waals surface area contributed by atoms with Gasteiger partial charge < -0.3 is 5.32 Å². The molecule has 0 saturated heterocycles. The molecular weight excluding hydrogens is 437 g/mol. The number of anilines is 1. The number of benzene rings is 3. The van der Waals surface area contributed by atoms with Gasteiger partial charge in [-0.1, -0.05) is 89.6 Å². The Kier molecular flexibility index (Phi) is 6.43. The van der Waals surface area contributed by atoms with Crippen LogP contribution in [0.5, 0.6) is 0 Å². The van der Waals surface area contributed by atoms with Crippen LogP contribution in [-0.2, 0) is 4.79 Å². The Morgan fingerprint density at radius 3 is 2.20 bits per heavy atom. The molecular formula is C23H17Cl2N3OS. The summed E-state index contributed by atoms with van der Waals surface area (Å²) in [5, 5.41) is 4.31. The average molecular weight is 454 g/mol. The standard InChI is InChI=1S/C23H17Cl2N3OS/c24-18-12-7-13-19(25)22(18)27-21(29)15-30-23-26-20(16-8-3-1-4-9-16)14-28(23)17-10-5-2-6-11-17/h1-14H,15H2,(H,27,29). The van der Waals surface area contributed by atoms with E-state index >= 15 is 0 Å². The molecule has 4 rings (SSSR count). The van der Waals surface area contributed by atoms with Gasteiger partial charge in [0.15, 0.2) is 5.16 Å². The van der Waals surface area contributed by atoms with Gasteiger partial charge in [0.25, 0.3) is 0 Å². The van der Waals surface area contributed by atoms with E-state index in [1.54, 1.807) is 18.2 Å². The second kappa shape index (κ2) is 9.39. The number of thioether (sulfide) groups is 1. The minimum absolute atomic E-state index is 0.166. The molecule has 3 aromatic carbocycles. The molecule has 1 aromatic heterocycles. The number of halogens is 2. The van der Waals surface area contributed by atoms with Gasteiger partial charge in [-0.3, -0.25) is 9.36 Å². The van der Waals surface area contributed by atoms with Crippen LogP contribution in [0.2, 0.25) is 10.0 Å². The summed E-state index contributed by atoms with van der Waals surface area (Å²) in [5.41, 5.74) is 3.25. The van der Waals surface area contributed by atoms with Gasteiger partial charge in [0.2, 0.25) is 5.91 Å². The van der Waals surface area contributed by atoms with Crippen molar-refractivity contribution in [1.29, 1.82) is 0 Å². The van der Waals surface area contributed by atoms with E-state index in [4.69, 9.17) is 28.2 Å². The first kappa shape index (κ1) is 20.5. The predicted octanol–water partition coefficient (Wildman–Crippen LogP) is 6.58. The molecule has 0 unspecified atom stereocenters. The summed E-state index contributed by atoms with van der Waals surface area (Å²) < 4.78 is 1.99. The van der Waals surface area contributed by atoms with Crippen molar-refractivity contribution in [2.45, 2.75) is 5.16 Å². The van der Waals surface area contributed by atoms with E-state index in [1.807, 2.05) is 71.4 Å². The zero-order chi connectivity index (χ0) is 20.9. The Labute approximate surface area is 188 Å². The number of para-hydroxylation sites is 2. The first-order valence-electron chi connectivity index (χ1n) is 9.19. The molecule has 0 spiro atoms. The predicted molar refractivity (Wildman–Crippen MR) is 125 cm³/mol. The number of hydrogen-bond acceptors (Lipinski definition) is 3. The third kappa shape index (κ3) is 4.70. The first-order chi connectivity index (χ1) is 14.6. The molecule has 0 aliphatic carbocycles. The first-order valence-corrected chi connectivity index (χ1v) is 10.9.